The van der Waals surface area contributed by atoms with E-state index in [0.717, 1.165) is 29.1 Å². The van der Waals surface area contributed by atoms with Crippen molar-refractivity contribution >= 4 is 18.8 Å². The van der Waals surface area contributed by atoms with Gasteiger partial charge in [0.1, 0.15) is 5.75 Å². The van der Waals surface area contributed by atoms with Gasteiger partial charge in [-0.2, -0.15) is 0 Å². The molecule has 0 aliphatic rings. The van der Waals surface area contributed by atoms with E-state index in [9.17, 15) is 0 Å². The smallest absolute Gasteiger partial charge is 0.497 e. The van der Waals surface area contributed by atoms with Gasteiger partial charge in [0.2, 0.25) is 0 Å². The summed E-state index contributed by atoms with van der Waals surface area (Å²) in [6, 6.07) is 8.06. The Bertz CT molecular complexity index is 617. The summed E-state index contributed by atoms with van der Waals surface area (Å²) in [6.45, 7) is 3.99. The Hall–Kier alpha value is -2.28. The van der Waals surface area contributed by atoms with E-state index < -0.39 is 6.16 Å². The first-order valence-electron chi connectivity index (χ1n) is 6.41. The molecule has 2 rings (SSSR count). The Morgan fingerprint density at radius 3 is 2.00 bits per heavy atom. The lowest BCUT2D eigenvalue weighted by molar-refractivity contribution is 0.137. The maximum absolute atomic E-state index is 8.56. The maximum atomic E-state index is 8.56. The summed E-state index contributed by atoms with van der Waals surface area (Å²) in [4.78, 5) is 17.1. The van der Waals surface area contributed by atoms with Crippen molar-refractivity contribution in [1.29, 1.82) is 0 Å². The van der Waals surface area contributed by atoms with Crippen molar-refractivity contribution in [2.45, 2.75) is 25.4 Å². The highest BCUT2D eigenvalue weighted by atomic mass is 32.1. The van der Waals surface area contributed by atoms with E-state index in [1.807, 2.05) is 26.0 Å². The molecule has 0 aliphatic heterocycles. The second-order valence-corrected chi connectivity index (χ2v) is 4.88. The zero-order valence-electron chi connectivity index (χ0n) is 12.6. The molecule has 1 aromatic heterocycles. The molecule has 0 atom stereocenters. The summed E-state index contributed by atoms with van der Waals surface area (Å²) >= 11 is 4.18. The highest BCUT2D eigenvalue weighted by molar-refractivity contribution is 7.80. The summed E-state index contributed by atoms with van der Waals surface area (Å²) in [7, 11) is 1.67. The molecular formula is C15H18N2O4S. The number of aryl methyl sites for hydroxylation is 2. The van der Waals surface area contributed by atoms with Crippen LogP contribution in [0.1, 0.15) is 22.5 Å². The molecule has 0 radical (unpaired) electrons. The number of nitrogens with zero attached hydrogens (tertiary/aromatic N) is 2. The van der Waals surface area contributed by atoms with Gasteiger partial charge in [-0.1, -0.05) is 12.1 Å². The van der Waals surface area contributed by atoms with E-state index in [4.69, 9.17) is 19.7 Å². The van der Waals surface area contributed by atoms with Gasteiger partial charge < -0.3 is 14.9 Å². The van der Waals surface area contributed by atoms with Gasteiger partial charge in [0.25, 0.3) is 0 Å². The molecule has 0 fully saturated rings. The van der Waals surface area contributed by atoms with Crippen molar-refractivity contribution in [3.63, 3.8) is 0 Å². The predicted octanol–water partition coefficient (Wildman–Crippen LogP) is 3.20. The average Bonchev–Trinajstić information content (AvgIpc) is 2.43. The largest absolute Gasteiger partial charge is 0.503 e. The molecule has 22 heavy (non-hydrogen) atoms. The van der Waals surface area contributed by atoms with Crippen molar-refractivity contribution in [2.75, 3.05) is 7.11 Å². The first-order chi connectivity index (χ1) is 10.3. The Morgan fingerprint density at radius 1 is 1.14 bits per heavy atom. The minimum Gasteiger partial charge on any atom is -0.497 e. The van der Waals surface area contributed by atoms with Crippen molar-refractivity contribution in [3.05, 3.63) is 46.8 Å². The van der Waals surface area contributed by atoms with E-state index in [-0.39, 0.29) is 0 Å². The normalized spacial score (nSPS) is 9.64. The fraction of sp³-hybridized carbons (Fsp3) is 0.267. The molecule has 0 unspecified atom stereocenters. The van der Waals surface area contributed by atoms with E-state index in [1.54, 1.807) is 7.11 Å². The fourth-order valence-corrected chi connectivity index (χ4v) is 2.23. The number of benzene rings is 1. The van der Waals surface area contributed by atoms with Gasteiger partial charge in [0.05, 0.1) is 7.11 Å². The third-order valence-electron chi connectivity index (χ3n) is 2.95. The van der Waals surface area contributed by atoms with Crippen LogP contribution < -0.4 is 4.74 Å². The zero-order chi connectivity index (χ0) is 16.7. The predicted molar refractivity (Wildman–Crippen MR) is 85.2 cm³/mol. The number of ether oxygens (including phenoxy) is 1. The van der Waals surface area contributed by atoms with Crippen LogP contribution in [-0.4, -0.2) is 33.4 Å². The molecule has 7 heteroatoms. The monoisotopic (exact) mass is 322 g/mol. The second-order valence-electron chi connectivity index (χ2n) is 4.48. The number of thiol groups is 1. The molecular weight excluding hydrogens is 304 g/mol. The van der Waals surface area contributed by atoms with Crippen LogP contribution in [0.3, 0.4) is 0 Å². The summed E-state index contributed by atoms with van der Waals surface area (Å²) in [5.74, 6) is 0.870. The summed E-state index contributed by atoms with van der Waals surface area (Å²) in [5, 5.41) is 14.5. The van der Waals surface area contributed by atoms with Gasteiger partial charge in [0.15, 0.2) is 5.16 Å². The van der Waals surface area contributed by atoms with Crippen LogP contribution in [0, 0.1) is 13.8 Å². The summed E-state index contributed by atoms with van der Waals surface area (Å²) in [5.41, 5.74) is 4.36. The topological polar surface area (TPSA) is 92.5 Å². The standard InChI is InChI=1S/C14H16N2OS.CH2O3/c1-9-13(10(2)16-14(18)15-9)8-11-4-6-12(17-3)7-5-11;2-1(3)4/h4-7H,8H2,1-3H3,(H,15,16,18);(H2,2,3,4). The first-order valence-corrected chi connectivity index (χ1v) is 6.86. The van der Waals surface area contributed by atoms with E-state index >= 15 is 0 Å². The number of methoxy groups -OCH3 is 1. The number of hydrogen-bond donors (Lipinski definition) is 3. The molecule has 2 aromatic rings. The lowest BCUT2D eigenvalue weighted by atomic mass is 10.0. The summed E-state index contributed by atoms with van der Waals surface area (Å²) in [6.07, 6.45) is -1.00. The van der Waals surface area contributed by atoms with Gasteiger partial charge in [0, 0.05) is 17.8 Å². The van der Waals surface area contributed by atoms with Gasteiger partial charge in [-0.05, 0) is 37.1 Å². The fourth-order valence-electron chi connectivity index (χ4n) is 1.93. The number of hydrogen-bond acceptors (Lipinski definition) is 5. The van der Waals surface area contributed by atoms with Crippen LogP contribution in [0.15, 0.2) is 29.4 Å². The van der Waals surface area contributed by atoms with E-state index in [1.165, 1.54) is 5.56 Å². The van der Waals surface area contributed by atoms with Gasteiger partial charge in [-0.15, -0.1) is 12.6 Å². The van der Waals surface area contributed by atoms with E-state index in [0.29, 0.717) is 5.16 Å². The molecule has 0 saturated carbocycles. The summed E-state index contributed by atoms with van der Waals surface area (Å²) < 4.78 is 5.15. The number of carbonyl (C=O) groups is 1. The Labute approximate surface area is 134 Å². The average molecular weight is 322 g/mol. The number of rotatable bonds is 3. The number of aromatic nitrogens is 2. The molecule has 6 nitrogen and oxygen atoms in total. The van der Waals surface area contributed by atoms with Crippen molar-refractivity contribution in [3.8, 4) is 5.75 Å². The Kier molecular flexibility index (Phi) is 6.65. The highest BCUT2D eigenvalue weighted by Gasteiger charge is 2.08. The molecule has 118 valence electrons. The quantitative estimate of drug-likeness (QED) is 0.593. The molecule has 0 saturated heterocycles. The molecule has 2 N–H and O–H groups in total. The zero-order valence-corrected chi connectivity index (χ0v) is 13.5. The molecule has 0 bridgehead atoms. The van der Waals surface area contributed by atoms with Gasteiger partial charge in [-0.25, -0.2) is 14.8 Å². The van der Waals surface area contributed by atoms with Crippen molar-refractivity contribution in [2.24, 2.45) is 0 Å². The van der Waals surface area contributed by atoms with Crippen molar-refractivity contribution < 1.29 is 19.7 Å². The molecule has 1 aromatic carbocycles. The minimum atomic E-state index is -1.83. The Balaban J connectivity index is 0.000000541. The van der Waals surface area contributed by atoms with Crippen LogP contribution in [0.4, 0.5) is 4.79 Å². The van der Waals surface area contributed by atoms with E-state index in [2.05, 4.69) is 34.7 Å². The second kappa shape index (κ2) is 8.23. The van der Waals surface area contributed by atoms with Crippen LogP contribution in [0.25, 0.3) is 0 Å². The molecule has 0 amide bonds. The molecule has 0 aliphatic carbocycles. The first kappa shape index (κ1) is 17.8. The van der Waals surface area contributed by atoms with Gasteiger partial charge >= 0.3 is 6.16 Å². The third-order valence-corrected chi connectivity index (χ3v) is 3.15. The lowest BCUT2D eigenvalue weighted by Crippen LogP contribution is -2.02. The maximum Gasteiger partial charge on any atom is 0.503 e. The highest BCUT2D eigenvalue weighted by Crippen LogP contribution is 2.19. The molecule has 0 spiro atoms. The Morgan fingerprint density at radius 2 is 1.59 bits per heavy atom. The minimum absolute atomic E-state index is 0.531. The molecule has 1 heterocycles. The van der Waals surface area contributed by atoms with Gasteiger partial charge in [-0.3, -0.25) is 0 Å². The number of carboxylic acid groups (broad SMARTS) is 2. The SMILES string of the molecule is COc1ccc(Cc2c(C)nc(S)nc2C)cc1.O=C(O)O. The van der Waals surface area contributed by atoms with Crippen LogP contribution in [-0.2, 0) is 6.42 Å². The van der Waals surface area contributed by atoms with Crippen molar-refractivity contribution in [1.82, 2.24) is 9.97 Å². The van der Waals surface area contributed by atoms with Crippen LogP contribution >= 0.6 is 12.6 Å². The third kappa shape index (κ3) is 5.61. The van der Waals surface area contributed by atoms with Crippen LogP contribution in [0.5, 0.6) is 5.75 Å². The lowest BCUT2D eigenvalue weighted by Gasteiger charge is -2.09. The van der Waals surface area contributed by atoms with Crippen LogP contribution in [0.2, 0.25) is 0 Å².